The summed E-state index contributed by atoms with van der Waals surface area (Å²) >= 11 is 2.01. The average Bonchev–Trinajstić information content (AvgIpc) is 2.83. The van der Waals surface area contributed by atoms with E-state index in [2.05, 4.69) is 10.5 Å². The third kappa shape index (κ3) is 7.28. The van der Waals surface area contributed by atoms with Crippen LogP contribution in [0.25, 0.3) is 0 Å². The van der Waals surface area contributed by atoms with Gasteiger partial charge in [-0.15, -0.1) is 0 Å². The van der Waals surface area contributed by atoms with E-state index in [0.717, 1.165) is 6.07 Å². The van der Waals surface area contributed by atoms with Gasteiger partial charge in [0.2, 0.25) is 0 Å². The van der Waals surface area contributed by atoms with Crippen molar-refractivity contribution >= 4 is 45.9 Å². The van der Waals surface area contributed by atoms with Crippen molar-refractivity contribution in [2.24, 2.45) is 5.10 Å². The van der Waals surface area contributed by atoms with Crippen LogP contribution in [0.1, 0.15) is 23.6 Å². The Morgan fingerprint density at radius 3 is 2.46 bits per heavy atom. The Kier molecular flexibility index (Phi) is 8.86. The second-order valence-electron chi connectivity index (χ2n) is 7.34. The number of benzene rings is 3. The van der Waals surface area contributed by atoms with E-state index in [0.29, 0.717) is 44.9 Å². The van der Waals surface area contributed by atoms with Crippen LogP contribution < -0.4 is 14.9 Å². The summed E-state index contributed by atoms with van der Waals surface area (Å²) in [5.74, 6) is 0.763. The topological polar surface area (TPSA) is 129 Å². The maximum absolute atomic E-state index is 12.9. The first-order valence-corrected chi connectivity index (χ1v) is 11.5. The zero-order valence-electron chi connectivity index (χ0n) is 19.0. The van der Waals surface area contributed by atoms with E-state index in [-0.39, 0.29) is 18.0 Å². The number of rotatable bonds is 10. The molecule has 0 aromatic heterocycles. The number of nitrogens with zero attached hydrogens (tertiary/aromatic N) is 3. The lowest BCUT2D eigenvalue weighted by atomic mass is 10.1. The Morgan fingerprint density at radius 1 is 1.05 bits per heavy atom. The van der Waals surface area contributed by atoms with Crippen LogP contribution in [-0.4, -0.2) is 22.7 Å². The van der Waals surface area contributed by atoms with Gasteiger partial charge >= 0.3 is 6.18 Å². The molecule has 3 aromatic rings. The Balaban J connectivity index is 1.80. The lowest BCUT2D eigenvalue weighted by Gasteiger charge is -2.15. The Hall–Kier alpha value is -3.95. The number of nitrogens with one attached hydrogen (secondary N) is 1. The van der Waals surface area contributed by atoms with Gasteiger partial charge in [-0.3, -0.25) is 25.7 Å². The molecular formula is C23H18F3IN4O6. The van der Waals surface area contributed by atoms with Gasteiger partial charge in [-0.05, 0) is 64.9 Å². The summed E-state index contributed by atoms with van der Waals surface area (Å²) in [5, 5.41) is 26.1. The quantitative estimate of drug-likeness (QED) is 0.116. The van der Waals surface area contributed by atoms with Crippen LogP contribution in [-0.2, 0) is 12.8 Å². The molecule has 3 aromatic carbocycles. The summed E-state index contributed by atoms with van der Waals surface area (Å²) in [4.78, 5) is 20.8. The van der Waals surface area contributed by atoms with Gasteiger partial charge in [-0.1, -0.05) is 12.1 Å². The van der Waals surface area contributed by atoms with Crippen LogP contribution in [0.2, 0.25) is 0 Å². The smallest absolute Gasteiger partial charge is 0.416 e. The Bertz CT molecular complexity index is 1350. The largest absolute Gasteiger partial charge is 0.490 e. The third-order valence-corrected chi connectivity index (χ3v) is 5.56. The zero-order chi connectivity index (χ0) is 27.2. The van der Waals surface area contributed by atoms with Crippen molar-refractivity contribution in [2.45, 2.75) is 19.7 Å². The highest BCUT2D eigenvalue weighted by atomic mass is 127. The normalized spacial score (nSPS) is 11.4. The highest BCUT2D eigenvalue weighted by molar-refractivity contribution is 14.1. The zero-order valence-corrected chi connectivity index (χ0v) is 21.1. The molecule has 0 amide bonds. The maximum Gasteiger partial charge on any atom is 0.416 e. The van der Waals surface area contributed by atoms with Crippen LogP contribution in [0.5, 0.6) is 11.5 Å². The van der Waals surface area contributed by atoms with Gasteiger partial charge in [0.05, 0.1) is 31.8 Å². The molecule has 0 aliphatic rings. The van der Waals surface area contributed by atoms with Crippen LogP contribution in [0.3, 0.4) is 0 Å². The first kappa shape index (κ1) is 27.6. The van der Waals surface area contributed by atoms with Crippen molar-refractivity contribution in [3.8, 4) is 11.5 Å². The molecule has 1 N–H and O–H groups in total. The molecule has 0 atom stereocenters. The number of alkyl halides is 3. The number of hydrazone groups is 1. The molecule has 0 radical (unpaired) electrons. The molecule has 0 aliphatic heterocycles. The van der Waals surface area contributed by atoms with Crippen molar-refractivity contribution < 1.29 is 32.5 Å². The van der Waals surface area contributed by atoms with Gasteiger partial charge in [0.1, 0.15) is 12.3 Å². The fourth-order valence-electron chi connectivity index (χ4n) is 3.11. The van der Waals surface area contributed by atoms with Crippen LogP contribution in [0, 0.1) is 23.8 Å². The van der Waals surface area contributed by atoms with Gasteiger partial charge in [-0.25, -0.2) is 0 Å². The summed E-state index contributed by atoms with van der Waals surface area (Å²) in [6.45, 7) is 2.12. The minimum absolute atomic E-state index is 0.0460. The molecule has 0 fully saturated rings. The lowest BCUT2D eigenvalue weighted by Crippen LogP contribution is -2.06. The molecule has 0 bridgehead atoms. The Morgan fingerprint density at radius 2 is 1.81 bits per heavy atom. The monoisotopic (exact) mass is 630 g/mol. The number of hydrogen-bond acceptors (Lipinski definition) is 8. The number of non-ortho nitro benzene ring substituents is 1. The fourth-order valence-corrected chi connectivity index (χ4v) is 3.89. The van der Waals surface area contributed by atoms with Gasteiger partial charge in [0.25, 0.3) is 11.4 Å². The standard InChI is InChI=1S/C23H18F3IN4O6/c1-2-36-21-10-15(9-18(27)22(21)37-13-14-4-3-5-17(8-14)30(32)33)12-28-29-19-7-6-16(23(24,25)26)11-20(19)31(34)35/h3-12,29H,2,13H2,1H3/b28-12-. The van der Waals surface area contributed by atoms with E-state index in [1.54, 1.807) is 31.2 Å². The predicted octanol–water partition coefficient (Wildman–Crippen LogP) is 6.55. The number of ether oxygens (including phenoxy) is 2. The molecule has 0 heterocycles. The second-order valence-corrected chi connectivity index (χ2v) is 8.50. The molecule has 14 heteroatoms. The number of nitro benzene ring substituents is 2. The van der Waals surface area contributed by atoms with E-state index in [1.807, 2.05) is 22.6 Å². The highest BCUT2D eigenvalue weighted by Crippen LogP contribution is 2.36. The number of hydrogen-bond donors (Lipinski definition) is 1. The van der Waals surface area contributed by atoms with Crippen LogP contribution >= 0.6 is 22.6 Å². The van der Waals surface area contributed by atoms with Crippen molar-refractivity contribution in [1.29, 1.82) is 0 Å². The van der Waals surface area contributed by atoms with Crippen LogP contribution in [0.15, 0.2) is 59.7 Å². The van der Waals surface area contributed by atoms with E-state index in [9.17, 15) is 33.4 Å². The minimum Gasteiger partial charge on any atom is -0.490 e. The van der Waals surface area contributed by atoms with Crippen molar-refractivity contribution in [1.82, 2.24) is 0 Å². The average molecular weight is 630 g/mol. The molecule has 0 unspecified atom stereocenters. The molecule has 194 valence electrons. The van der Waals surface area contributed by atoms with E-state index in [4.69, 9.17) is 9.47 Å². The van der Waals surface area contributed by atoms with E-state index < -0.39 is 27.3 Å². The number of halogens is 4. The molecule has 3 rings (SSSR count). The van der Waals surface area contributed by atoms with Gasteiger partial charge in [0, 0.05) is 18.2 Å². The molecule has 10 nitrogen and oxygen atoms in total. The molecule has 0 aliphatic carbocycles. The second kappa shape index (κ2) is 11.9. The summed E-state index contributed by atoms with van der Waals surface area (Å²) in [6.07, 6.45) is -3.41. The van der Waals surface area contributed by atoms with Crippen molar-refractivity contribution in [3.05, 3.63) is 95.1 Å². The molecule has 0 spiro atoms. The number of nitro groups is 2. The third-order valence-electron chi connectivity index (χ3n) is 4.76. The summed E-state index contributed by atoms with van der Waals surface area (Å²) < 4.78 is 50.8. The first-order chi connectivity index (χ1) is 17.5. The van der Waals surface area contributed by atoms with Crippen molar-refractivity contribution in [3.63, 3.8) is 0 Å². The summed E-state index contributed by atoms with van der Waals surface area (Å²) in [6, 6.07) is 11.4. The molecular weight excluding hydrogens is 612 g/mol. The SMILES string of the molecule is CCOc1cc(/C=N\Nc2ccc(C(F)(F)F)cc2[N+](=O)[O-])cc(I)c1OCc1cccc([N+](=O)[O-])c1. The lowest BCUT2D eigenvalue weighted by molar-refractivity contribution is -0.385. The molecule has 37 heavy (non-hydrogen) atoms. The van der Waals surface area contributed by atoms with Gasteiger partial charge < -0.3 is 9.47 Å². The molecule has 0 saturated heterocycles. The summed E-state index contributed by atoms with van der Waals surface area (Å²) in [5.41, 5.74) is 1.29. The molecule has 0 saturated carbocycles. The number of anilines is 1. The maximum atomic E-state index is 12.9. The van der Waals surface area contributed by atoms with Crippen molar-refractivity contribution in [2.75, 3.05) is 12.0 Å². The first-order valence-electron chi connectivity index (χ1n) is 10.5. The minimum atomic E-state index is -4.72. The predicted molar refractivity (Wildman–Crippen MR) is 137 cm³/mol. The highest BCUT2D eigenvalue weighted by Gasteiger charge is 2.33. The Labute approximate surface area is 221 Å². The van der Waals surface area contributed by atoms with Gasteiger partial charge in [-0.2, -0.15) is 18.3 Å². The van der Waals surface area contributed by atoms with E-state index >= 15 is 0 Å². The van der Waals surface area contributed by atoms with E-state index in [1.165, 1.54) is 18.3 Å². The summed E-state index contributed by atoms with van der Waals surface area (Å²) in [7, 11) is 0. The fraction of sp³-hybridized carbons (Fsp3) is 0.174. The van der Waals surface area contributed by atoms with Crippen LogP contribution in [0.4, 0.5) is 30.2 Å². The van der Waals surface area contributed by atoms with Gasteiger partial charge in [0.15, 0.2) is 11.5 Å².